The Bertz CT molecular complexity index is 736. The van der Waals surface area contributed by atoms with Crippen LogP contribution in [0.4, 0.5) is 0 Å². The summed E-state index contributed by atoms with van der Waals surface area (Å²) in [6.45, 7) is 4.30. The molecular formula is C35H70NO8P. The second kappa shape index (κ2) is 31.6. The highest BCUT2D eigenvalue weighted by molar-refractivity contribution is 7.47. The van der Waals surface area contributed by atoms with Gasteiger partial charge in [0.05, 0.1) is 13.2 Å². The van der Waals surface area contributed by atoms with Gasteiger partial charge in [0.25, 0.3) is 0 Å². The van der Waals surface area contributed by atoms with Crippen LogP contribution in [-0.2, 0) is 32.7 Å². The molecule has 0 fully saturated rings. The van der Waals surface area contributed by atoms with E-state index in [2.05, 4.69) is 13.8 Å². The van der Waals surface area contributed by atoms with E-state index in [4.69, 9.17) is 18.5 Å². The van der Waals surface area contributed by atoms with Gasteiger partial charge in [0.2, 0.25) is 0 Å². The standard InChI is InChI=1S/C35H70NO8P/c1-5-7-9-11-13-15-17-19-21-23-25-27-34(37)41-31-33(32-43-45(39,40)42-30-29-36(3)4)44-35(38)28-26-24-22-20-18-16-14-12-10-8-6-2/h33H,5-32H2,1-4H3,(H,39,40)/t33-/m1/s1. The van der Waals surface area contributed by atoms with E-state index in [9.17, 15) is 19.0 Å². The highest BCUT2D eigenvalue weighted by Gasteiger charge is 2.26. The minimum absolute atomic E-state index is 0.0119. The Morgan fingerprint density at radius 3 is 1.42 bits per heavy atom. The molecule has 0 aliphatic rings. The van der Waals surface area contributed by atoms with Crippen molar-refractivity contribution in [2.45, 2.75) is 174 Å². The van der Waals surface area contributed by atoms with Crippen molar-refractivity contribution in [2.24, 2.45) is 0 Å². The normalized spacial score (nSPS) is 13.6. The number of hydrogen-bond donors (Lipinski definition) is 1. The molecule has 0 saturated carbocycles. The van der Waals surface area contributed by atoms with Crippen LogP contribution in [0.15, 0.2) is 0 Å². The third kappa shape index (κ3) is 32.7. The van der Waals surface area contributed by atoms with Crippen LogP contribution in [0.2, 0.25) is 0 Å². The molecule has 0 aliphatic carbocycles. The van der Waals surface area contributed by atoms with E-state index in [1.54, 1.807) is 0 Å². The van der Waals surface area contributed by atoms with Crippen LogP contribution < -0.4 is 0 Å². The van der Waals surface area contributed by atoms with E-state index in [1.807, 2.05) is 19.0 Å². The largest absolute Gasteiger partial charge is 0.472 e. The summed E-state index contributed by atoms with van der Waals surface area (Å²) in [7, 11) is -0.697. The molecule has 268 valence electrons. The number of nitrogens with zero attached hydrogens (tertiary/aromatic N) is 1. The third-order valence-corrected chi connectivity index (χ3v) is 8.90. The van der Waals surface area contributed by atoms with Crippen LogP contribution in [-0.4, -0.2) is 68.3 Å². The van der Waals surface area contributed by atoms with Crippen molar-refractivity contribution in [3.63, 3.8) is 0 Å². The van der Waals surface area contributed by atoms with Gasteiger partial charge in [0, 0.05) is 19.4 Å². The molecule has 0 radical (unpaired) electrons. The van der Waals surface area contributed by atoms with Gasteiger partial charge < -0.3 is 19.3 Å². The number of phosphoric acid groups is 1. The molecule has 10 heteroatoms. The Morgan fingerprint density at radius 2 is 1.00 bits per heavy atom. The van der Waals surface area contributed by atoms with Crippen LogP contribution in [0.25, 0.3) is 0 Å². The van der Waals surface area contributed by atoms with Crippen molar-refractivity contribution >= 4 is 19.8 Å². The number of carbonyl (C=O) groups is 2. The molecule has 1 N–H and O–H groups in total. The molecule has 2 atom stereocenters. The molecule has 0 spiro atoms. The maximum absolute atomic E-state index is 12.5. The molecule has 0 heterocycles. The van der Waals surface area contributed by atoms with E-state index in [-0.39, 0.29) is 25.6 Å². The van der Waals surface area contributed by atoms with Gasteiger partial charge in [0.1, 0.15) is 6.61 Å². The first-order valence-corrected chi connectivity index (χ1v) is 19.8. The quantitative estimate of drug-likeness (QED) is 0.0409. The average Bonchev–Trinajstić information content (AvgIpc) is 2.99. The van der Waals surface area contributed by atoms with Gasteiger partial charge in [-0.05, 0) is 26.9 Å². The van der Waals surface area contributed by atoms with Crippen LogP contribution in [0.5, 0.6) is 0 Å². The zero-order valence-corrected chi connectivity index (χ0v) is 30.5. The van der Waals surface area contributed by atoms with Gasteiger partial charge in [-0.25, -0.2) is 4.57 Å². The average molecular weight is 664 g/mol. The van der Waals surface area contributed by atoms with E-state index in [0.29, 0.717) is 19.4 Å². The lowest BCUT2D eigenvalue weighted by molar-refractivity contribution is -0.161. The topological polar surface area (TPSA) is 112 Å². The number of carbonyl (C=O) groups excluding carboxylic acids is 2. The van der Waals surface area contributed by atoms with Gasteiger partial charge in [0.15, 0.2) is 6.10 Å². The number of ether oxygens (including phenoxy) is 2. The van der Waals surface area contributed by atoms with E-state index in [0.717, 1.165) is 32.1 Å². The summed E-state index contributed by atoms with van der Waals surface area (Å²) in [4.78, 5) is 36.7. The highest BCUT2D eigenvalue weighted by Crippen LogP contribution is 2.43. The van der Waals surface area contributed by atoms with E-state index < -0.39 is 26.5 Å². The van der Waals surface area contributed by atoms with Crippen molar-refractivity contribution in [1.82, 2.24) is 4.90 Å². The molecule has 45 heavy (non-hydrogen) atoms. The molecule has 0 aliphatic heterocycles. The molecule has 0 amide bonds. The lowest BCUT2D eigenvalue weighted by atomic mass is 10.1. The van der Waals surface area contributed by atoms with Gasteiger partial charge >= 0.3 is 19.8 Å². The number of phosphoric ester groups is 1. The number of hydrogen-bond acceptors (Lipinski definition) is 8. The summed E-state index contributed by atoms with van der Waals surface area (Å²) in [5.74, 6) is -0.797. The first-order valence-electron chi connectivity index (χ1n) is 18.3. The van der Waals surface area contributed by atoms with Gasteiger partial charge in [-0.15, -0.1) is 0 Å². The molecule has 0 aromatic rings. The predicted molar refractivity (Wildman–Crippen MR) is 183 cm³/mol. The van der Waals surface area contributed by atoms with Crippen LogP contribution >= 0.6 is 7.82 Å². The highest BCUT2D eigenvalue weighted by atomic mass is 31.2. The molecule has 0 bridgehead atoms. The Morgan fingerprint density at radius 1 is 0.600 bits per heavy atom. The summed E-state index contributed by atoms with van der Waals surface area (Å²) >= 11 is 0. The maximum atomic E-state index is 12.5. The lowest BCUT2D eigenvalue weighted by Crippen LogP contribution is -2.29. The third-order valence-electron chi connectivity index (χ3n) is 7.91. The van der Waals surface area contributed by atoms with E-state index in [1.165, 1.54) is 103 Å². The van der Waals surface area contributed by atoms with Crippen LogP contribution in [0.3, 0.4) is 0 Å². The zero-order valence-electron chi connectivity index (χ0n) is 29.6. The molecular weight excluding hydrogens is 593 g/mol. The minimum Gasteiger partial charge on any atom is -0.462 e. The Hall–Kier alpha value is -0.990. The van der Waals surface area contributed by atoms with E-state index >= 15 is 0 Å². The lowest BCUT2D eigenvalue weighted by Gasteiger charge is -2.20. The Balaban J connectivity index is 4.37. The first kappa shape index (κ1) is 44.0. The van der Waals surface area contributed by atoms with Gasteiger partial charge in [-0.3, -0.25) is 18.6 Å². The number of esters is 2. The summed E-state index contributed by atoms with van der Waals surface area (Å²) in [5.41, 5.74) is 0. The molecule has 1 unspecified atom stereocenters. The Kier molecular flexibility index (Phi) is 30.9. The molecule has 9 nitrogen and oxygen atoms in total. The summed E-state index contributed by atoms with van der Waals surface area (Å²) < 4.78 is 33.2. The van der Waals surface area contributed by atoms with Crippen molar-refractivity contribution in [3.05, 3.63) is 0 Å². The summed E-state index contributed by atoms with van der Waals surface area (Å²) in [5, 5.41) is 0. The number of rotatable bonds is 34. The van der Waals surface area contributed by atoms with Crippen molar-refractivity contribution < 1.29 is 37.6 Å². The van der Waals surface area contributed by atoms with Crippen LogP contribution in [0.1, 0.15) is 168 Å². The van der Waals surface area contributed by atoms with Crippen LogP contribution in [0, 0.1) is 0 Å². The fourth-order valence-corrected chi connectivity index (χ4v) is 5.78. The zero-order chi connectivity index (χ0) is 33.4. The number of unbranched alkanes of at least 4 members (excludes halogenated alkanes) is 20. The van der Waals surface area contributed by atoms with Gasteiger partial charge in [-0.2, -0.15) is 0 Å². The van der Waals surface area contributed by atoms with Crippen molar-refractivity contribution in [1.29, 1.82) is 0 Å². The van der Waals surface area contributed by atoms with Crippen molar-refractivity contribution in [2.75, 3.05) is 40.5 Å². The molecule has 0 rings (SSSR count). The number of likely N-dealkylation sites (N-methyl/N-ethyl adjacent to an activating group) is 1. The monoisotopic (exact) mass is 663 g/mol. The summed E-state index contributed by atoms with van der Waals surface area (Å²) in [6.07, 6.45) is 25.7. The predicted octanol–water partition coefficient (Wildman–Crippen LogP) is 9.54. The first-order chi connectivity index (χ1) is 21.7. The molecule has 0 aromatic carbocycles. The second-order valence-electron chi connectivity index (χ2n) is 12.8. The smallest absolute Gasteiger partial charge is 0.462 e. The fraction of sp³-hybridized carbons (Fsp3) is 0.943. The van der Waals surface area contributed by atoms with Gasteiger partial charge in [-0.1, -0.05) is 142 Å². The Labute approximate surface area is 276 Å². The molecule has 0 saturated heterocycles. The SMILES string of the molecule is CCCCCCCCCCCCCC(=O)OC[C@H](COP(=O)(O)OCCN(C)C)OC(=O)CCCCCCCCCCCCC. The fourth-order valence-electron chi connectivity index (χ4n) is 5.04. The van der Waals surface area contributed by atoms with Crippen molar-refractivity contribution in [3.8, 4) is 0 Å². The second-order valence-corrected chi connectivity index (χ2v) is 14.2. The molecule has 0 aromatic heterocycles. The summed E-state index contributed by atoms with van der Waals surface area (Å²) in [6, 6.07) is 0. The maximum Gasteiger partial charge on any atom is 0.472 e. The minimum atomic E-state index is -4.34.